The maximum atomic E-state index is 11.2. The predicted octanol–water partition coefficient (Wildman–Crippen LogP) is 0.0808. The van der Waals surface area contributed by atoms with Gasteiger partial charge in [-0.15, -0.1) is 0 Å². The molecule has 0 fully saturated rings. The molecule has 0 aliphatic carbocycles. The number of hydrogen-bond acceptors (Lipinski definition) is 1. The van der Waals surface area contributed by atoms with Crippen LogP contribution in [0.4, 0.5) is 0 Å². The molecule has 0 bridgehead atoms. The van der Waals surface area contributed by atoms with E-state index in [0.717, 1.165) is 5.57 Å². The number of amides is 1. The lowest BCUT2D eigenvalue weighted by molar-refractivity contribution is -0.118. The molecule has 1 amide bonds. The zero-order valence-corrected chi connectivity index (χ0v) is 8.34. The van der Waals surface area contributed by atoms with Gasteiger partial charge in [0.05, 0.1) is 14.2 Å². The topological polar surface area (TPSA) is 29.1 Å². The lowest BCUT2D eigenvalue weighted by atomic mass is 9.67. The fraction of sp³-hybridized carbons (Fsp3) is 0.222. The molecule has 0 radical (unpaired) electrons. The first-order chi connectivity index (χ1) is 6.24. The van der Waals surface area contributed by atoms with Crippen LogP contribution in [0.25, 0.3) is 0 Å². The molecule has 0 saturated carbocycles. The number of carbonyl (C=O) groups is 1. The minimum Gasteiger partial charge on any atom is -0.410 e. The molecule has 0 aromatic heterocycles. The molecule has 4 heteroatoms. The first-order valence-corrected chi connectivity index (χ1v) is 4.45. The Balaban J connectivity index is 4.06. The summed E-state index contributed by atoms with van der Waals surface area (Å²) in [7, 11) is 2.59. The summed E-state index contributed by atoms with van der Waals surface area (Å²) in [6, 6.07) is 0. The standard InChI is InChI=1S/C9H15B2NO/c1-3-5-6-8(4-2)7-9(13)12-11-10/h3-6,11H,1,7,10H2,2H3,(H,12,13)/b6-5-,8-4+. The van der Waals surface area contributed by atoms with Crippen LogP contribution in [0, 0.1) is 0 Å². The predicted molar refractivity (Wildman–Crippen MR) is 61.5 cm³/mol. The van der Waals surface area contributed by atoms with Gasteiger partial charge in [-0.2, -0.15) is 0 Å². The van der Waals surface area contributed by atoms with Gasteiger partial charge in [0.15, 0.2) is 7.31 Å². The third kappa shape index (κ3) is 6.02. The highest BCUT2D eigenvalue weighted by molar-refractivity contribution is 6.89. The van der Waals surface area contributed by atoms with Crippen LogP contribution in [-0.2, 0) is 4.79 Å². The lowest BCUT2D eigenvalue weighted by Gasteiger charge is -2.01. The van der Waals surface area contributed by atoms with Gasteiger partial charge < -0.3 is 5.23 Å². The quantitative estimate of drug-likeness (QED) is 0.465. The summed E-state index contributed by atoms with van der Waals surface area (Å²) < 4.78 is 0. The molecule has 0 spiro atoms. The van der Waals surface area contributed by atoms with E-state index in [-0.39, 0.29) is 5.91 Å². The molecule has 2 nitrogen and oxygen atoms in total. The molecule has 0 aromatic carbocycles. The Labute approximate surface area is 81.4 Å². The molecule has 0 heterocycles. The van der Waals surface area contributed by atoms with Crippen molar-refractivity contribution >= 4 is 20.9 Å². The summed E-state index contributed by atoms with van der Waals surface area (Å²) in [4.78, 5) is 11.2. The van der Waals surface area contributed by atoms with Crippen molar-refractivity contribution in [2.75, 3.05) is 0 Å². The highest BCUT2D eigenvalue weighted by atomic mass is 16.1. The molecule has 1 N–H and O–H groups in total. The van der Waals surface area contributed by atoms with Crippen molar-refractivity contribution in [1.82, 2.24) is 5.23 Å². The molecule has 0 saturated heterocycles. The summed E-state index contributed by atoms with van der Waals surface area (Å²) in [5.41, 5.74) is 1.01. The van der Waals surface area contributed by atoms with Crippen molar-refractivity contribution in [2.45, 2.75) is 13.3 Å². The van der Waals surface area contributed by atoms with Crippen LogP contribution in [0.5, 0.6) is 0 Å². The largest absolute Gasteiger partial charge is 0.410 e. The molecule has 0 aromatic rings. The highest BCUT2D eigenvalue weighted by Crippen LogP contribution is 2.02. The van der Waals surface area contributed by atoms with Crippen molar-refractivity contribution in [3.8, 4) is 0 Å². The molecule has 0 unspecified atom stereocenters. The first-order valence-electron chi connectivity index (χ1n) is 4.45. The summed E-state index contributed by atoms with van der Waals surface area (Å²) >= 11 is 0. The van der Waals surface area contributed by atoms with Gasteiger partial charge in [0.1, 0.15) is 0 Å². The SMILES string of the molecule is BBNC(=O)CC(/C=C\C=C)=C/C. The monoisotopic (exact) mass is 175 g/mol. The first kappa shape index (κ1) is 11.8. The Morgan fingerprint density at radius 1 is 1.69 bits per heavy atom. The molecular formula is C9H15B2NO. The van der Waals surface area contributed by atoms with Crippen LogP contribution < -0.4 is 5.23 Å². The molecule has 0 aliphatic rings. The van der Waals surface area contributed by atoms with Crippen molar-refractivity contribution in [2.24, 2.45) is 0 Å². The van der Waals surface area contributed by atoms with Crippen LogP contribution in [0.2, 0.25) is 0 Å². The van der Waals surface area contributed by atoms with Gasteiger partial charge in [0, 0.05) is 0 Å². The molecule has 68 valence electrons. The fourth-order valence-corrected chi connectivity index (χ4v) is 0.894. The third-order valence-corrected chi connectivity index (χ3v) is 1.56. The van der Waals surface area contributed by atoms with Gasteiger partial charge in [-0.3, -0.25) is 4.79 Å². The summed E-state index contributed by atoms with van der Waals surface area (Å²) in [5.74, 6) is 0.0595. The van der Waals surface area contributed by atoms with Crippen molar-refractivity contribution in [3.63, 3.8) is 0 Å². The number of rotatable bonds is 5. The lowest BCUT2D eigenvalue weighted by Crippen LogP contribution is -2.27. The van der Waals surface area contributed by atoms with Crippen LogP contribution in [-0.4, -0.2) is 20.9 Å². The van der Waals surface area contributed by atoms with Crippen molar-refractivity contribution < 1.29 is 4.79 Å². The fourth-order valence-electron chi connectivity index (χ4n) is 0.894. The number of carbonyl (C=O) groups excluding carboxylic acids is 1. The van der Waals surface area contributed by atoms with E-state index in [1.165, 1.54) is 0 Å². The maximum Gasteiger partial charge on any atom is 0.211 e. The van der Waals surface area contributed by atoms with Gasteiger partial charge >= 0.3 is 0 Å². The Kier molecular flexibility index (Phi) is 6.79. The Bertz CT molecular complexity index is 234. The van der Waals surface area contributed by atoms with E-state index in [0.29, 0.717) is 13.7 Å². The molecule has 0 rings (SSSR count). The van der Waals surface area contributed by atoms with E-state index >= 15 is 0 Å². The van der Waals surface area contributed by atoms with E-state index in [1.54, 1.807) is 6.08 Å². The zero-order valence-electron chi connectivity index (χ0n) is 8.34. The molecule has 0 atom stereocenters. The second kappa shape index (κ2) is 7.47. The summed E-state index contributed by atoms with van der Waals surface area (Å²) in [5, 5.41) is 2.75. The van der Waals surface area contributed by atoms with E-state index < -0.39 is 0 Å². The van der Waals surface area contributed by atoms with E-state index in [9.17, 15) is 4.79 Å². The van der Waals surface area contributed by atoms with Crippen LogP contribution >= 0.6 is 0 Å². The molecule has 0 aliphatic heterocycles. The van der Waals surface area contributed by atoms with Crippen LogP contribution in [0.1, 0.15) is 13.3 Å². The van der Waals surface area contributed by atoms with Gasteiger partial charge in [-0.1, -0.05) is 30.9 Å². The van der Waals surface area contributed by atoms with Gasteiger partial charge in [-0.05, 0) is 12.5 Å². The van der Waals surface area contributed by atoms with Crippen LogP contribution in [0.15, 0.2) is 36.5 Å². The third-order valence-electron chi connectivity index (χ3n) is 1.56. The van der Waals surface area contributed by atoms with Gasteiger partial charge in [-0.25, -0.2) is 0 Å². The van der Waals surface area contributed by atoms with E-state index in [1.807, 2.05) is 32.9 Å². The van der Waals surface area contributed by atoms with Gasteiger partial charge in [0.2, 0.25) is 5.91 Å². The average Bonchev–Trinajstić information content (AvgIpc) is 2.12. The van der Waals surface area contributed by atoms with E-state index in [2.05, 4.69) is 11.8 Å². The minimum atomic E-state index is 0.0595. The minimum absolute atomic E-state index is 0.0595. The second-order valence-corrected chi connectivity index (χ2v) is 2.59. The maximum absolute atomic E-state index is 11.2. The summed E-state index contributed by atoms with van der Waals surface area (Å²) in [6.07, 6.45) is 7.78. The Hall–Kier alpha value is -1.18. The number of hydrogen-bond donors (Lipinski definition) is 1. The number of nitrogens with one attached hydrogen (secondary N) is 1. The second-order valence-electron chi connectivity index (χ2n) is 2.59. The van der Waals surface area contributed by atoms with Crippen molar-refractivity contribution in [1.29, 1.82) is 0 Å². The summed E-state index contributed by atoms with van der Waals surface area (Å²) in [6.45, 7) is 5.49. The van der Waals surface area contributed by atoms with E-state index in [4.69, 9.17) is 0 Å². The highest BCUT2D eigenvalue weighted by Gasteiger charge is 2.00. The van der Waals surface area contributed by atoms with Crippen molar-refractivity contribution in [3.05, 3.63) is 36.5 Å². The average molecular weight is 175 g/mol. The Morgan fingerprint density at radius 3 is 2.85 bits per heavy atom. The normalized spacial score (nSPS) is 11.3. The molecular weight excluding hydrogens is 160 g/mol. The number of allylic oxidation sites excluding steroid dienone is 4. The van der Waals surface area contributed by atoms with Crippen LogP contribution in [0.3, 0.4) is 0 Å². The smallest absolute Gasteiger partial charge is 0.211 e. The Morgan fingerprint density at radius 2 is 2.38 bits per heavy atom. The molecule has 13 heavy (non-hydrogen) atoms. The van der Waals surface area contributed by atoms with Gasteiger partial charge in [0.25, 0.3) is 0 Å². The zero-order chi connectivity index (χ0) is 10.1.